The van der Waals surface area contributed by atoms with Crippen molar-refractivity contribution in [1.82, 2.24) is 0 Å². The van der Waals surface area contributed by atoms with E-state index in [0.717, 1.165) is 0 Å². The Morgan fingerprint density at radius 2 is 1.61 bits per heavy atom. The molecule has 2 amide bonds. The molecule has 2 heterocycles. The number of ketones is 1. The number of Topliss-reactive ketones (excluding diaryl/α,β-unsaturated/α-hetero) is 1. The Balaban J connectivity index is 2.04. The summed E-state index contributed by atoms with van der Waals surface area (Å²) in [6.07, 6.45) is 0. The second-order valence-electron chi connectivity index (χ2n) is 5.42. The highest BCUT2D eigenvalue weighted by Gasteiger charge is 2.40. The maximum atomic E-state index is 12.8. The maximum Gasteiger partial charge on any atom is 0.258 e. The topological polar surface area (TPSA) is 66.5 Å². The number of hydrogen-bond acceptors (Lipinski definition) is 3. The number of hydrogen-bond donors (Lipinski definition) is 1. The monoisotopic (exact) mass is 304 g/mol. The smallest absolute Gasteiger partial charge is 0.258 e. The van der Waals surface area contributed by atoms with E-state index >= 15 is 0 Å². The quantitative estimate of drug-likeness (QED) is 0.761. The molecular weight excluding hydrogens is 292 g/mol. The highest BCUT2D eigenvalue weighted by atomic mass is 16.2. The van der Waals surface area contributed by atoms with Crippen molar-refractivity contribution >= 4 is 34.5 Å². The number of benzene rings is 2. The van der Waals surface area contributed by atoms with Crippen LogP contribution in [0.15, 0.2) is 54.2 Å². The first kappa shape index (κ1) is 13.5. The van der Waals surface area contributed by atoms with Gasteiger partial charge in [0.2, 0.25) is 11.7 Å². The number of fused-ring (bicyclic) bond motifs is 2. The van der Waals surface area contributed by atoms with Gasteiger partial charge in [0.1, 0.15) is 5.70 Å². The van der Waals surface area contributed by atoms with Crippen molar-refractivity contribution in [3.8, 4) is 0 Å². The van der Waals surface area contributed by atoms with E-state index in [2.05, 4.69) is 5.32 Å². The van der Waals surface area contributed by atoms with Crippen molar-refractivity contribution in [2.24, 2.45) is 0 Å². The fraction of sp³-hybridized carbons (Fsp3) is 0.0556. The number of anilines is 2. The lowest BCUT2D eigenvalue weighted by molar-refractivity contribution is -0.116. The van der Waals surface area contributed by atoms with E-state index in [1.54, 1.807) is 48.5 Å². The summed E-state index contributed by atoms with van der Waals surface area (Å²) in [6, 6.07) is 14.0. The first-order chi connectivity index (χ1) is 11.1. The number of allylic oxidation sites excluding steroid dienone is 1. The number of nitrogens with zero attached hydrogens (tertiary/aromatic N) is 1. The van der Waals surface area contributed by atoms with Crippen LogP contribution in [0.5, 0.6) is 0 Å². The second kappa shape index (κ2) is 4.64. The van der Waals surface area contributed by atoms with Gasteiger partial charge in [0, 0.05) is 23.7 Å². The molecule has 0 bridgehead atoms. The fourth-order valence-corrected chi connectivity index (χ4v) is 3.11. The van der Waals surface area contributed by atoms with E-state index in [1.807, 2.05) is 0 Å². The normalized spacial score (nSPS) is 18.7. The van der Waals surface area contributed by atoms with E-state index < -0.39 is 0 Å². The van der Waals surface area contributed by atoms with Crippen molar-refractivity contribution in [1.29, 1.82) is 0 Å². The third-order valence-corrected chi connectivity index (χ3v) is 4.05. The minimum Gasteiger partial charge on any atom is -0.321 e. The van der Waals surface area contributed by atoms with E-state index in [0.29, 0.717) is 22.5 Å². The molecule has 0 saturated heterocycles. The molecule has 23 heavy (non-hydrogen) atoms. The molecule has 1 N–H and O–H groups in total. The first-order valence-electron chi connectivity index (χ1n) is 7.19. The van der Waals surface area contributed by atoms with Crippen molar-refractivity contribution in [3.05, 3.63) is 65.4 Å². The lowest BCUT2D eigenvalue weighted by Crippen LogP contribution is -2.28. The summed E-state index contributed by atoms with van der Waals surface area (Å²) >= 11 is 0. The van der Waals surface area contributed by atoms with Crippen LogP contribution in [-0.2, 0) is 9.59 Å². The Bertz CT molecular complexity index is 927. The van der Waals surface area contributed by atoms with Gasteiger partial charge in [-0.05, 0) is 18.2 Å². The predicted molar refractivity (Wildman–Crippen MR) is 85.9 cm³/mol. The molecule has 0 unspecified atom stereocenters. The van der Waals surface area contributed by atoms with Crippen LogP contribution in [0.4, 0.5) is 11.4 Å². The summed E-state index contributed by atoms with van der Waals surface area (Å²) in [5.74, 6) is -0.978. The summed E-state index contributed by atoms with van der Waals surface area (Å²) in [6.45, 7) is 1.38. The average molecular weight is 304 g/mol. The molecule has 0 aliphatic carbocycles. The molecule has 0 aromatic heterocycles. The van der Waals surface area contributed by atoms with Crippen LogP contribution >= 0.6 is 0 Å². The number of carbonyl (C=O) groups is 3. The Morgan fingerprint density at radius 3 is 2.35 bits per heavy atom. The zero-order valence-electron chi connectivity index (χ0n) is 12.3. The molecule has 0 radical (unpaired) electrons. The standard InChI is InChI=1S/C18H12N2O3/c1-10(21)20-14-9-5-3-7-12(14)17(22)16(20)15-11-6-2-4-8-13(11)19-18(15)23/h2-9H,1H3,(H,19,23). The van der Waals surface area contributed by atoms with Gasteiger partial charge in [-0.2, -0.15) is 0 Å². The summed E-state index contributed by atoms with van der Waals surface area (Å²) in [7, 11) is 0. The molecule has 2 aromatic rings. The van der Waals surface area contributed by atoms with E-state index in [4.69, 9.17) is 0 Å². The molecule has 2 aromatic carbocycles. The summed E-state index contributed by atoms with van der Waals surface area (Å²) in [5.41, 5.74) is 2.61. The molecular formula is C18H12N2O3. The predicted octanol–water partition coefficient (Wildman–Crippen LogP) is 2.60. The molecule has 4 rings (SSSR count). The summed E-state index contributed by atoms with van der Waals surface area (Å²) < 4.78 is 0. The highest BCUT2D eigenvalue weighted by Crippen LogP contribution is 2.42. The van der Waals surface area contributed by atoms with Crippen LogP contribution in [0.1, 0.15) is 22.8 Å². The van der Waals surface area contributed by atoms with Crippen LogP contribution in [-0.4, -0.2) is 17.6 Å². The lowest BCUT2D eigenvalue weighted by Gasteiger charge is -2.17. The molecule has 0 fully saturated rings. The fourth-order valence-electron chi connectivity index (χ4n) is 3.11. The SMILES string of the molecule is CC(=O)N1C(=C2C(=O)Nc3ccccc32)C(=O)c2ccccc21. The molecule has 2 aliphatic heterocycles. The van der Waals surface area contributed by atoms with Gasteiger partial charge < -0.3 is 5.32 Å². The summed E-state index contributed by atoms with van der Waals surface area (Å²) in [5, 5.41) is 2.74. The molecule has 0 atom stereocenters. The van der Waals surface area contributed by atoms with Gasteiger partial charge in [-0.15, -0.1) is 0 Å². The van der Waals surface area contributed by atoms with Gasteiger partial charge >= 0.3 is 0 Å². The maximum absolute atomic E-state index is 12.8. The van der Waals surface area contributed by atoms with Gasteiger partial charge in [-0.25, -0.2) is 0 Å². The van der Waals surface area contributed by atoms with Crippen LogP contribution in [0.3, 0.4) is 0 Å². The van der Waals surface area contributed by atoms with Crippen LogP contribution in [0.25, 0.3) is 5.57 Å². The highest BCUT2D eigenvalue weighted by molar-refractivity contribution is 6.40. The van der Waals surface area contributed by atoms with Crippen LogP contribution in [0, 0.1) is 0 Å². The third-order valence-electron chi connectivity index (χ3n) is 4.05. The minimum absolute atomic E-state index is 0.126. The lowest BCUT2D eigenvalue weighted by atomic mass is 10.0. The number of nitrogens with one attached hydrogen (secondary N) is 1. The number of rotatable bonds is 0. The van der Waals surface area contributed by atoms with Crippen molar-refractivity contribution in [3.63, 3.8) is 0 Å². The number of para-hydroxylation sites is 2. The van der Waals surface area contributed by atoms with Crippen molar-refractivity contribution in [2.45, 2.75) is 6.92 Å². The second-order valence-corrected chi connectivity index (χ2v) is 5.42. The molecule has 2 aliphatic rings. The Hall–Kier alpha value is -3.21. The first-order valence-corrected chi connectivity index (χ1v) is 7.19. The molecule has 112 valence electrons. The largest absolute Gasteiger partial charge is 0.321 e. The number of amides is 2. The van der Waals surface area contributed by atoms with E-state index in [-0.39, 0.29) is 28.9 Å². The zero-order valence-corrected chi connectivity index (χ0v) is 12.3. The molecule has 0 spiro atoms. The summed E-state index contributed by atoms with van der Waals surface area (Å²) in [4.78, 5) is 38.7. The van der Waals surface area contributed by atoms with E-state index in [1.165, 1.54) is 11.8 Å². The zero-order chi connectivity index (χ0) is 16.1. The minimum atomic E-state index is -0.367. The molecule has 5 nitrogen and oxygen atoms in total. The van der Waals surface area contributed by atoms with Gasteiger partial charge in [0.25, 0.3) is 5.91 Å². The van der Waals surface area contributed by atoms with Gasteiger partial charge in [0.15, 0.2) is 0 Å². The van der Waals surface area contributed by atoms with Crippen LogP contribution < -0.4 is 10.2 Å². The van der Waals surface area contributed by atoms with Gasteiger partial charge in [0.05, 0.1) is 11.3 Å². The van der Waals surface area contributed by atoms with Gasteiger partial charge in [-0.1, -0.05) is 30.3 Å². The molecule has 0 saturated carbocycles. The third kappa shape index (κ3) is 1.76. The average Bonchev–Trinajstić information content (AvgIpc) is 3.01. The Labute approximate surface area is 132 Å². The van der Waals surface area contributed by atoms with Crippen molar-refractivity contribution in [2.75, 3.05) is 10.2 Å². The van der Waals surface area contributed by atoms with Gasteiger partial charge in [-0.3, -0.25) is 19.3 Å². The van der Waals surface area contributed by atoms with Crippen LogP contribution in [0.2, 0.25) is 0 Å². The van der Waals surface area contributed by atoms with Crippen molar-refractivity contribution < 1.29 is 14.4 Å². The Morgan fingerprint density at radius 1 is 0.957 bits per heavy atom. The number of carbonyl (C=O) groups excluding carboxylic acids is 3. The molecule has 5 heteroatoms. The van der Waals surface area contributed by atoms with E-state index in [9.17, 15) is 14.4 Å². The Kier molecular flexibility index (Phi) is 2.72.